The number of methoxy groups -OCH3 is 1. The standard InChI is InChI=1S/C15H24ClNO2/c1-18-11-12-19-10-4-9-17-15-7-2-5-14(13-15)6-3-8-16/h2,5,7,13,17H,3-4,6,8-12H2,1H3. The molecule has 1 rings (SSSR count). The number of aryl methyl sites for hydroxylation is 1. The van der Waals surface area contributed by atoms with Crippen LogP contribution in [0.3, 0.4) is 0 Å². The van der Waals surface area contributed by atoms with Gasteiger partial charge in [-0.2, -0.15) is 0 Å². The van der Waals surface area contributed by atoms with Gasteiger partial charge in [-0.15, -0.1) is 11.6 Å². The normalized spacial score (nSPS) is 10.6. The van der Waals surface area contributed by atoms with Crippen molar-refractivity contribution in [2.45, 2.75) is 19.3 Å². The Bertz CT molecular complexity index is 334. The Balaban J connectivity index is 2.14. The van der Waals surface area contributed by atoms with E-state index in [9.17, 15) is 0 Å². The van der Waals surface area contributed by atoms with Crippen LogP contribution in [-0.4, -0.2) is 39.4 Å². The highest BCUT2D eigenvalue weighted by Crippen LogP contribution is 2.12. The molecule has 0 atom stereocenters. The van der Waals surface area contributed by atoms with Gasteiger partial charge in [0, 0.05) is 31.8 Å². The Hall–Kier alpha value is -0.770. The maximum absolute atomic E-state index is 5.71. The fourth-order valence-electron chi connectivity index (χ4n) is 1.76. The number of anilines is 1. The van der Waals surface area contributed by atoms with E-state index in [1.54, 1.807) is 7.11 Å². The Morgan fingerprint density at radius 2 is 2.05 bits per heavy atom. The van der Waals surface area contributed by atoms with Gasteiger partial charge in [-0.3, -0.25) is 0 Å². The van der Waals surface area contributed by atoms with Crippen molar-refractivity contribution < 1.29 is 9.47 Å². The summed E-state index contributed by atoms with van der Waals surface area (Å²) in [5, 5.41) is 3.41. The van der Waals surface area contributed by atoms with Crippen LogP contribution in [0.1, 0.15) is 18.4 Å². The second-order valence-electron chi connectivity index (χ2n) is 4.38. The molecule has 1 N–H and O–H groups in total. The van der Waals surface area contributed by atoms with E-state index in [2.05, 4.69) is 29.6 Å². The molecule has 0 amide bonds. The van der Waals surface area contributed by atoms with Gasteiger partial charge >= 0.3 is 0 Å². The SMILES string of the molecule is COCCOCCCNc1cccc(CCCCl)c1. The average Bonchev–Trinajstić information content (AvgIpc) is 2.44. The molecule has 19 heavy (non-hydrogen) atoms. The highest BCUT2D eigenvalue weighted by Gasteiger charge is 1.96. The lowest BCUT2D eigenvalue weighted by atomic mass is 10.1. The van der Waals surface area contributed by atoms with Crippen molar-refractivity contribution in [3.05, 3.63) is 29.8 Å². The van der Waals surface area contributed by atoms with E-state index in [4.69, 9.17) is 21.1 Å². The Morgan fingerprint density at radius 1 is 1.16 bits per heavy atom. The molecule has 0 aliphatic carbocycles. The second kappa shape index (κ2) is 11.1. The van der Waals surface area contributed by atoms with Crippen molar-refractivity contribution in [1.82, 2.24) is 0 Å². The Labute approximate surface area is 121 Å². The first kappa shape index (κ1) is 16.3. The summed E-state index contributed by atoms with van der Waals surface area (Å²) >= 11 is 5.71. The van der Waals surface area contributed by atoms with E-state index in [0.29, 0.717) is 13.2 Å². The highest BCUT2D eigenvalue weighted by molar-refractivity contribution is 6.17. The number of nitrogens with one attached hydrogen (secondary N) is 1. The molecule has 4 heteroatoms. The second-order valence-corrected chi connectivity index (χ2v) is 4.76. The van der Waals surface area contributed by atoms with Crippen molar-refractivity contribution in [3.8, 4) is 0 Å². The van der Waals surface area contributed by atoms with Crippen molar-refractivity contribution in [2.24, 2.45) is 0 Å². The number of benzene rings is 1. The van der Waals surface area contributed by atoms with E-state index < -0.39 is 0 Å². The molecule has 0 radical (unpaired) electrons. The summed E-state index contributed by atoms with van der Waals surface area (Å²) in [6.45, 7) is 3.02. The van der Waals surface area contributed by atoms with Gasteiger partial charge in [0.1, 0.15) is 0 Å². The van der Waals surface area contributed by atoms with Crippen LogP contribution in [-0.2, 0) is 15.9 Å². The van der Waals surface area contributed by atoms with Crippen molar-refractivity contribution in [2.75, 3.05) is 44.7 Å². The highest BCUT2D eigenvalue weighted by atomic mass is 35.5. The van der Waals surface area contributed by atoms with Crippen LogP contribution in [0.4, 0.5) is 5.69 Å². The van der Waals surface area contributed by atoms with Gasteiger partial charge in [0.05, 0.1) is 13.2 Å². The monoisotopic (exact) mass is 285 g/mol. The van der Waals surface area contributed by atoms with Crippen LogP contribution < -0.4 is 5.32 Å². The molecular formula is C15H24ClNO2. The quantitative estimate of drug-likeness (QED) is 0.500. The first-order valence-corrected chi connectivity index (χ1v) is 7.35. The van der Waals surface area contributed by atoms with Crippen LogP contribution >= 0.6 is 11.6 Å². The van der Waals surface area contributed by atoms with Crippen LogP contribution in [0.5, 0.6) is 0 Å². The molecule has 0 saturated heterocycles. The number of halogens is 1. The molecule has 0 aromatic heterocycles. The van der Waals surface area contributed by atoms with Gasteiger partial charge in [0.25, 0.3) is 0 Å². The lowest BCUT2D eigenvalue weighted by Gasteiger charge is -2.08. The predicted molar refractivity (Wildman–Crippen MR) is 81.3 cm³/mol. The lowest BCUT2D eigenvalue weighted by molar-refractivity contribution is 0.0705. The molecule has 0 unspecified atom stereocenters. The third kappa shape index (κ3) is 8.09. The van der Waals surface area contributed by atoms with E-state index >= 15 is 0 Å². The minimum absolute atomic E-state index is 0.663. The summed E-state index contributed by atoms with van der Waals surface area (Å²) in [5.74, 6) is 0.719. The van der Waals surface area contributed by atoms with Gasteiger partial charge in [-0.1, -0.05) is 12.1 Å². The van der Waals surface area contributed by atoms with Gasteiger partial charge in [-0.05, 0) is 37.0 Å². The van der Waals surface area contributed by atoms with E-state index in [1.807, 2.05) is 0 Å². The molecular weight excluding hydrogens is 262 g/mol. The predicted octanol–water partition coefficient (Wildman–Crippen LogP) is 3.32. The average molecular weight is 286 g/mol. The van der Waals surface area contributed by atoms with E-state index in [-0.39, 0.29) is 0 Å². The number of hydrogen-bond donors (Lipinski definition) is 1. The molecule has 1 aromatic carbocycles. The van der Waals surface area contributed by atoms with Crippen molar-refractivity contribution in [1.29, 1.82) is 0 Å². The Morgan fingerprint density at radius 3 is 2.84 bits per heavy atom. The van der Waals surface area contributed by atoms with Gasteiger partial charge in [0.2, 0.25) is 0 Å². The molecule has 0 fully saturated rings. The summed E-state index contributed by atoms with van der Waals surface area (Å²) in [7, 11) is 1.68. The molecule has 0 saturated carbocycles. The fraction of sp³-hybridized carbons (Fsp3) is 0.600. The third-order valence-corrected chi connectivity index (χ3v) is 3.02. The molecule has 1 aromatic rings. The minimum atomic E-state index is 0.663. The molecule has 108 valence electrons. The zero-order valence-corrected chi connectivity index (χ0v) is 12.4. The molecule has 0 bridgehead atoms. The summed E-state index contributed by atoms with van der Waals surface area (Å²) in [4.78, 5) is 0. The summed E-state index contributed by atoms with van der Waals surface area (Å²) in [6.07, 6.45) is 3.06. The number of ether oxygens (including phenoxy) is 2. The van der Waals surface area contributed by atoms with Crippen LogP contribution in [0, 0.1) is 0 Å². The zero-order chi connectivity index (χ0) is 13.8. The third-order valence-electron chi connectivity index (χ3n) is 2.75. The van der Waals surface area contributed by atoms with Gasteiger partial charge < -0.3 is 14.8 Å². The van der Waals surface area contributed by atoms with Gasteiger partial charge in [0.15, 0.2) is 0 Å². The van der Waals surface area contributed by atoms with E-state index in [0.717, 1.165) is 38.3 Å². The summed E-state index contributed by atoms with van der Waals surface area (Å²) in [5.41, 5.74) is 2.51. The fourth-order valence-corrected chi connectivity index (χ4v) is 1.89. The lowest BCUT2D eigenvalue weighted by Crippen LogP contribution is -2.08. The topological polar surface area (TPSA) is 30.5 Å². The Kier molecular flexibility index (Phi) is 9.51. The van der Waals surface area contributed by atoms with Crippen LogP contribution in [0.25, 0.3) is 0 Å². The zero-order valence-electron chi connectivity index (χ0n) is 11.7. The molecule has 0 aliphatic rings. The minimum Gasteiger partial charge on any atom is -0.385 e. The molecule has 0 aliphatic heterocycles. The summed E-state index contributed by atoms with van der Waals surface area (Å²) < 4.78 is 10.3. The van der Waals surface area contributed by atoms with Crippen molar-refractivity contribution in [3.63, 3.8) is 0 Å². The van der Waals surface area contributed by atoms with Gasteiger partial charge in [-0.25, -0.2) is 0 Å². The first-order chi connectivity index (χ1) is 9.36. The van der Waals surface area contributed by atoms with E-state index in [1.165, 1.54) is 11.3 Å². The van der Waals surface area contributed by atoms with Crippen LogP contribution in [0.15, 0.2) is 24.3 Å². The number of rotatable bonds is 11. The van der Waals surface area contributed by atoms with Crippen LogP contribution in [0.2, 0.25) is 0 Å². The molecule has 3 nitrogen and oxygen atoms in total. The summed E-state index contributed by atoms with van der Waals surface area (Å²) in [6, 6.07) is 8.51. The largest absolute Gasteiger partial charge is 0.385 e. The maximum Gasteiger partial charge on any atom is 0.0700 e. The maximum atomic E-state index is 5.71. The molecule has 0 heterocycles. The number of alkyl halides is 1. The van der Waals surface area contributed by atoms with Crippen molar-refractivity contribution >= 4 is 17.3 Å². The number of hydrogen-bond acceptors (Lipinski definition) is 3. The smallest absolute Gasteiger partial charge is 0.0700 e. The molecule has 0 spiro atoms. The first-order valence-electron chi connectivity index (χ1n) is 6.82.